The largest absolute Gasteiger partial charge is 0.487 e. The Morgan fingerprint density at radius 2 is 1.63 bits per heavy atom. The van der Waals surface area contributed by atoms with Gasteiger partial charge in [0.15, 0.2) is 5.75 Å². The van der Waals surface area contributed by atoms with Crippen LogP contribution in [-0.2, 0) is 15.7 Å². The molecule has 1 saturated heterocycles. The highest BCUT2D eigenvalue weighted by Crippen LogP contribution is 2.38. The van der Waals surface area contributed by atoms with Crippen molar-refractivity contribution in [3.8, 4) is 5.75 Å². The van der Waals surface area contributed by atoms with E-state index in [2.05, 4.69) is 10.6 Å². The molecule has 0 aromatic heterocycles. The summed E-state index contributed by atoms with van der Waals surface area (Å²) in [5, 5.41) is 35.3. The van der Waals surface area contributed by atoms with Gasteiger partial charge in [-0.1, -0.05) is 0 Å². The number of amides is 1. The zero-order valence-corrected chi connectivity index (χ0v) is 23.7. The van der Waals surface area contributed by atoms with Crippen LogP contribution >= 0.6 is 0 Å². The number of nitro groups is 1. The Hall–Kier alpha value is -3.82. The Morgan fingerprint density at radius 1 is 1.02 bits per heavy atom. The van der Waals surface area contributed by atoms with E-state index < -0.39 is 27.6 Å². The van der Waals surface area contributed by atoms with E-state index in [0.29, 0.717) is 63.9 Å². The van der Waals surface area contributed by atoms with Crippen LogP contribution in [-0.4, -0.2) is 70.6 Å². The second-order valence-electron chi connectivity index (χ2n) is 10.6. The van der Waals surface area contributed by atoms with Crippen LogP contribution in [0.2, 0.25) is 0 Å². The van der Waals surface area contributed by atoms with E-state index in [4.69, 9.17) is 19.9 Å². The van der Waals surface area contributed by atoms with Gasteiger partial charge in [-0.15, -0.1) is 5.23 Å². The number of nitro benzene ring substituents is 1. The summed E-state index contributed by atoms with van der Waals surface area (Å²) in [6.07, 6.45) is -0.931. The number of nitrogens with zero attached hydrogens (tertiary/aromatic N) is 3. The summed E-state index contributed by atoms with van der Waals surface area (Å²) in [7, 11) is 0. The van der Waals surface area contributed by atoms with E-state index >= 15 is 0 Å². The maximum Gasteiger partial charge on any atom is 0.418 e. The molecule has 0 radical (unpaired) electrons. The van der Waals surface area contributed by atoms with E-state index in [1.54, 1.807) is 24.0 Å². The van der Waals surface area contributed by atoms with Gasteiger partial charge in [-0.3, -0.25) is 25.3 Å². The molecule has 12 nitrogen and oxygen atoms in total. The highest BCUT2D eigenvalue weighted by Gasteiger charge is 2.36. The number of ether oxygens (including phenoxy) is 2. The molecular weight excluding hydrogens is 575 g/mol. The molecule has 0 atom stereocenters. The number of hydrogen-bond acceptors (Lipinski definition) is 10. The molecule has 4 rings (SSSR count). The molecular formula is C28H36F3N5O7. The van der Waals surface area contributed by atoms with Crippen molar-refractivity contribution in [2.24, 2.45) is 0 Å². The van der Waals surface area contributed by atoms with Gasteiger partial charge < -0.3 is 25.0 Å². The first-order valence-corrected chi connectivity index (χ1v) is 14.2. The molecule has 0 spiro atoms. The van der Waals surface area contributed by atoms with E-state index in [9.17, 15) is 28.1 Å². The Bertz CT molecular complexity index is 1260. The summed E-state index contributed by atoms with van der Waals surface area (Å²) >= 11 is 0. The van der Waals surface area contributed by atoms with Crippen LogP contribution in [0.15, 0.2) is 36.4 Å². The maximum absolute atomic E-state index is 13.3. The van der Waals surface area contributed by atoms with Gasteiger partial charge in [0.2, 0.25) is 5.91 Å². The van der Waals surface area contributed by atoms with Gasteiger partial charge in [0.1, 0.15) is 12.3 Å². The lowest BCUT2D eigenvalue weighted by atomic mass is 9.92. The minimum absolute atomic E-state index is 0.0455. The van der Waals surface area contributed by atoms with Crippen molar-refractivity contribution in [3.63, 3.8) is 0 Å². The topological polar surface area (TPSA) is 150 Å². The minimum Gasteiger partial charge on any atom is -0.487 e. The van der Waals surface area contributed by atoms with E-state index in [-0.39, 0.29) is 47.8 Å². The molecule has 2 aromatic rings. The van der Waals surface area contributed by atoms with Gasteiger partial charge in [0.05, 0.1) is 23.2 Å². The first kappa shape index (κ1) is 32.1. The molecule has 15 heteroatoms. The van der Waals surface area contributed by atoms with Crippen LogP contribution < -0.4 is 20.6 Å². The number of benzene rings is 2. The molecule has 0 unspecified atom stereocenters. The fraction of sp³-hybridized carbons (Fsp3) is 0.536. The average molecular weight is 612 g/mol. The zero-order chi connectivity index (χ0) is 31.1. The highest BCUT2D eigenvalue weighted by atomic mass is 19.4. The van der Waals surface area contributed by atoms with Crippen LogP contribution in [0.3, 0.4) is 0 Å². The van der Waals surface area contributed by atoms with Gasteiger partial charge in [0.25, 0.3) is 0 Å². The van der Waals surface area contributed by atoms with Crippen LogP contribution in [0.1, 0.15) is 51.0 Å². The molecule has 2 aromatic carbocycles. The van der Waals surface area contributed by atoms with Crippen molar-refractivity contribution in [3.05, 3.63) is 52.1 Å². The third-order valence-electron chi connectivity index (χ3n) is 7.68. The Morgan fingerprint density at radius 3 is 2.21 bits per heavy atom. The minimum atomic E-state index is -4.76. The number of alkyl halides is 3. The Balaban J connectivity index is 1.18. The summed E-state index contributed by atoms with van der Waals surface area (Å²) in [6.45, 7) is 3.11. The van der Waals surface area contributed by atoms with Gasteiger partial charge >= 0.3 is 11.9 Å². The van der Waals surface area contributed by atoms with Crippen molar-refractivity contribution in [1.29, 1.82) is 0 Å². The lowest BCUT2D eigenvalue weighted by molar-refractivity contribution is -0.385. The SMILES string of the molecule is CCOc1cc(NC2CCN(C(=O)COC3CCC(Nc4ccc(N(O)O)c(C(F)(F)F)c4)CC3)CC2)ccc1[N+](=O)[O-]. The lowest BCUT2D eigenvalue weighted by Gasteiger charge is -2.34. The fourth-order valence-electron chi connectivity index (χ4n) is 5.45. The monoisotopic (exact) mass is 611 g/mol. The van der Waals surface area contributed by atoms with Crippen LogP contribution in [0, 0.1) is 10.1 Å². The number of carbonyl (C=O) groups excluding carboxylic acids is 1. The van der Waals surface area contributed by atoms with E-state index in [0.717, 1.165) is 12.1 Å². The molecule has 1 aliphatic heterocycles. The Labute approximate surface area is 246 Å². The molecule has 43 heavy (non-hydrogen) atoms. The number of piperidine rings is 1. The fourth-order valence-corrected chi connectivity index (χ4v) is 5.45. The molecule has 1 saturated carbocycles. The number of nitrogens with one attached hydrogen (secondary N) is 2. The number of anilines is 3. The van der Waals surface area contributed by atoms with Gasteiger partial charge in [-0.2, -0.15) is 13.2 Å². The van der Waals surface area contributed by atoms with Gasteiger partial charge in [0, 0.05) is 48.7 Å². The van der Waals surface area contributed by atoms with E-state index in [1.807, 2.05) is 0 Å². The quantitative estimate of drug-likeness (QED) is 0.191. The molecule has 1 amide bonds. The zero-order valence-electron chi connectivity index (χ0n) is 23.7. The number of halogens is 3. The average Bonchev–Trinajstić information content (AvgIpc) is 2.96. The van der Waals surface area contributed by atoms with Crippen molar-refractivity contribution in [1.82, 2.24) is 4.90 Å². The summed E-state index contributed by atoms with van der Waals surface area (Å²) < 4.78 is 51.3. The van der Waals surface area contributed by atoms with Crippen LogP contribution in [0.4, 0.5) is 35.9 Å². The second kappa shape index (κ2) is 14.1. The Kier molecular flexibility index (Phi) is 10.5. The lowest BCUT2D eigenvalue weighted by Crippen LogP contribution is -2.44. The van der Waals surface area contributed by atoms with Crippen LogP contribution in [0.25, 0.3) is 0 Å². The predicted molar refractivity (Wildman–Crippen MR) is 151 cm³/mol. The number of carbonyl (C=O) groups is 1. The maximum atomic E-state index is 13.3. The summed E-state index contributed by atoms with van der Waals surface area (Å²) in [5.41, 5.74) is -1.09. The predicted octanol–water partition coefficient (Wildman–Crippen LogP) is 5.44. The van der Waals surface area contributed by atoms with Crippen LogP contribution in [0.5, 0.6) is 5.75 Å². The molecule has 2 aliphatic rings. The molecule has 4 N–H and O–H groups in total. The highest BCUT2D eigenvalue weighted by molar-refractivity contribution is 5.77. The summed E-state index contributed by atoms with van der Waals surface area (Å²) in [6, 6.07) is 7.87. The van der Waals surface area contributed by atoms with Crippen molar-refractivity contribution < 1.29 is 42.8 Å². The van der Waals surface area contributed by atoms with Crippen molar-refractivity contribution in [2.75, 3.05) is 42.2 Å². The number of likely N-dealkylation sites (tertiary alicyclic amines) is 1. The molecule has 1 aliphatic carbocycles. The second-order valence-corrected chi connectivity index (χ2v) is 10.6. The van der Waals surface area contributed by atoms with Crippen molar-refractivity contribution >= 4 is 28.7 Å². The smallest absolute Gasteiger partial charge is 0.418 e. The first-order chi connectivity index (χ1) is 20.4. The molecule has 236 valence electrons. The third kappa shape index (κ3) is 8.61. The number of rotatable bonds is 11. The first-order valence-electron chi connectivity index (χ1n) is 14.2. The van der Waals surface area contributed by atoms with E-state index in [1.165, 1.54) is 12.1 Å². The van der Waals surface area contributed by atoms with Gasteiger partial charge in [-0.05, 0) is 69.7 Å². The standard InChI is InChI=1S/C28H36F3N5O7/c1-2-42-26-16-21(6-10-25(26)36(40)41)33-19-11-13-34(14-12-19)27(37)17-43-22-7-3-18(4-8-22)32-20-5-9-24(35(38)39)23(15-20)28(29,30)31/h5-6,9-10,15-16,18-19,22,32-33,38-39H,2-4,7-8,11-14,17H2,1H3. The summed E-state index contributed by atoms with van der Waals surface area (Å²) in [4.78, 5) is 25.3. The number of hydrogen-bond donors (Lipinski definition) is 4. The van der Waals surface area contributed by atoms with Gasteiger partial charge in [-0.25, -0.2) is 0 Å². The summed E-state index contributed by atoms with van der Waals surface area (Å²) in [5.74, 6) is 0.104. The van der Waals surface area contributed by atoms with Crippen molar-refractivity contribution in [2.45, 2.75) is 69.8 Å². The molecule has 0 bridgehead atoms. The normalized spacial score (nSPS) is 19.5. The molecule has 2 fully saturated rings. The molecule has 1 heterocycles. The third-order valence-corrected chi connectivity index (χ3v) is 7.68.